The number of esters is 1. The first-order chi connectivity index (χ1) is 15.4. The molecule has 7 nitrogen and oxygen atoms in total. The number of amides is 2. The van der Waals surface area contributed by atoms with E-state index in [1.54, 1.807) is 18.3 Å². The lowest BCUT2D eigenvalue weighted by atomic mass is 9.63. The molecule has 1 aliphatic heterocycles. The summed E-state index contributed by atoms with van der Waals surface area (Å²) in [4.78, 5) is 38.2. The molecular formula is C25H25N3O4. The van der Waals surface area contributed by atoms with Gasteiger partial charge in [0.1, 0.15) is 0 Å². The van der Waals surface area contributed by atoms with E-state index in [9.17, 15) is 14.4 Å². The number of aryl methyl sites for hydroxylation is 1. The van der Waals surface area contributed by atoms with Gasteiger partial charge in [0.25, 0.3) is 11.8 Å². The number of hydrazone groups is 1. The summed E-state index contributed by atoms with van der Waals surface area (Å²) in [6.07, 6.45) is 7.68. The molecule has 0 N–H and O–H groups in total. The van der Waals surface area contributed by atoms with Crippen molar-refractivity contribution < 1.29 is 19.1 Å². The maximum Gasteiger partial charge on any atom is 0.339 e. The van der Waals surface area contributed by atoms with Crippen LogP contribution in [-0.2, 0) is 14.3 Å². The van der Waals surface area contributed by atoms with Crippen LogP contribution in [0.1, 0.15) is 40.2 Å². The van der Waals surface area contributed by atoms with Crippen molar-refractivity contribution in [2.75, 3.05) is 7.11 Å². The topological polar surface area (TPSA) is 81.0 Å². The number of carbonyl (C=O) groups is 3. The third-order valence-corrected chi connectivity index (χ3v) is 7.07. The fourth-order valence-electron chi connectivity index (χ4n) is 5.53. The molecule has 2 bridgehead atoms. The van der Waals surface area contributed by atoms with E-state index in [2.05, 4.69) is 17.3 Å². The van der Waals surface area contributed by atoms with E-state index in [-0.39, 0.29) is 35.5 Å². The van der Waals surface area contributed by atoms with Gasteiger partial charge in [0.15, 0.2) is 0 Å². The van der Waals surface area contributed by atoms with E-state index in [0.717, 1.165) is 34.8 Å². The molecule has 4 atom stereocenters. The molecule has 2 amide bonds. The van der Waals surface area contributed by atoms with E-state index < -0.39 is 5.97 Å². The minimum atomic E-state index is -0.414. The van der Waals surface area contributed by atoms with E-state index >= 15 is 0 Å². The largest absolute Gasteiger partial charge is 0.465 e. The lowest BCUT2D eigenvalue weighted by molar-refractivity contribution is -0.140. The first-order valence-electron chi connectivity index (χ1n) is 10.9. The number of methoxy groups -OCH3 is 1. The minimum absolute atomic E-state index is 0.140. The number of aromatic nitrogens is 1. The maximum absolute atomic E-state index is 13.0. The monoisotopic (exact) mass is 431 g/mol. The number of para-hydroxylation sites is 1. The molecule has 164 valence electrons. The van der Waals surface area contributed by atoms with Crippen LogP contribution in [-0.4, -0.2) is 40.7 Å². The van der Waals surface area contributed by atoms with Crippen molar-refractivity contribution in [3.05, 3.63) is 65.0 Å². The zero-order chi connectivity index (χ0) is 22.6. The van der Waals surface area contributed by atoms with Crippen LogP contribution in [0.2, 0.25) is 0 Å². The smallest absolute Gasteiger partial charge is 0.339 e. The molecule has 1 saturated heterocycles. The molecule has 1 saturated carbocycles. The molecule has 6 rings (SSSR count). The molecule has 2 aromatic rings. The average Bonchev–Trinajstić information content (AvgIpc) is 3.25. The van der Waals surface area contributed by atoms with Crippen LogP contribution < -0.4 is 0 Å². The highest BCUT2D eigenvalue weighted by Gasteiger charge is 2.56. The zero-order valence-electron chi connectivity index (χ0n) is 18.3. The first kappa shape index (κ1) is 20.4. The fraction of sp³-hybridized carbons (Fsp3) is 0.360. The molecule has 4 aliphatic rings. The van der Waals surface area contributed by atoms with Gasteiger partial charge in [0.2, 0.25) is 0 Å². The van der Waals surface area contributed by atoms with Crippen molar-refractivity contribution in [1.82, 2.24) is 9.58 Å². The quantitative estimate of drug-likeness (QED) is 0.322. The average molecular weight is 431 g/mol. The Bertz CT molecular complexity index is 1160. The van der Waals surface area contributed by atoms with Gasteiger partial charge in [-0.25, -0.2) is 4.79 Å². The Morgan fingerprint density at radius 1 is 1.06 bits per heavy atom. The highest BCUT2D eigenvalue weighted by atomic mass is 16.5. The molecular weight excluding hydrogens is 406 g/mol. The van der Waals surface area contributed by atoms with Crippen LogP contribution in [0.4, 0.5) is 0 Å². The predicted molar refractivity (Wildman–Crippen MR) is 118 cm³/mol. The number of benzene rings is 1. The highest BCUT2D eigenvalue weighted by molar-refractivity contribution is 6.06. The van der Waals surface area contributed by atoms with Crippen LogP contribution >= 0.6 is 0 Å². The molecule has 0 radical (unpaired) electrons. The van der Waals surface area contributed by atoms with Crippen molar-refractivity contribution in [2.45, 2.75) is 26.7 Å². The van der Waals surface area contributed by atoms with Gasteiger partial charge in [-0.15, -0.1) is 0 Å². The summed E-state index contributed by atoms with van der Waals surface area (Å²) in [6.45, 7) is 3.85. The Morgan fingerprint density at radius 2 is 1.69 bits per heavy atom. The number of fused-ring (bicyclic) bond motifs is 1. The van der Waals surface area contributed by atoms with Crippen molar-refractivity contribution in [1.29, 1.82) is 0 Å². The molecule has 7 heteroatoms. The van der Waals surface area contributed by atoms with Gasteiger partial charge >= 0.3 is 5.97 Å². The molecule has 1 aromatic heterocycles. The third kappa shape index (κ3) is 2.95. The van der Waals surface area contributed by atoms with Gasteiger partial charge in [-0.05, 0) is 56.7 Å². The predicted octanol–water partition coefficient (Wildman–Crippen LogP) is 3.41. The molecule has 32 heavy (non-hydrogen) atoms. The summed E-state index contributed by atoms with van der Waals surface area (Å²) >= 11 is 0. The van der Waals surface area contributed by atoms with Gasteiger partial charge in [0, 0.05) is 17.0 Å². The Kier molecular flexibility index (Phi) is 4.84. The van der Waals surface area contributed by atoms with Crippen molar-refractivity contribution in [3.8, 4) is 5.69 Å². The molecule has 3 aliphatic carbocycles. The standard InChI is InChI=1S/C25H25N3O4/c1-14-12-18(15(2)27(14)20-7-5-4-6-19(20)25(31)32-3)13-26-28-23(29)21-16-8-9-17(11-10-16)22(21)24(28)30/h4-9,12-13,16-17,21-22H,10-11H2,1-3H3/b26-13-/t16-,17-,21+,22+/m0/s1. The number of carbonyl (C=O) groups excluding carboxylic acids is 3. The molecule has 2 fully saturated rings. The third-order valence-electron chi connectivity index (χ3n) is 7.07. The number of allylic oxidation sites excluding steroid dienone is 2. The van der Waals surface area contributed by atoms with Crippen molar-refractivity contribution >= 4 is 24.0 Å². The molecule has 0 spiro atoms. The van der Waals surface area contributed by atoms with Crippen molar-refractivity contribution in [3.63, 3.8) is 0 Å². The second-order valence-corrected chi connectivity index (χ2v) is 8.74. The van der Waals surface area contributed by atoms with E-state index in [1.165, 1.54) is 7.11 Å². The maximum atomic E-state index is 13.0. The molecule has 2 heterocycles. The number of ether oxygens (including phenoxy) is 1. The summed E-state index contributed by atoms with van der Waals surface area (Å²) in [6, 6.07) is 9.15. The van der Waals surface area contributed by atoms with Crippen LogP contribution in [0.5, 0.6) is 0 Å². The number of rotatable bonds is 4. The summed E-state index contributed by atoms with van der Waals surface area (Å²) in [7, 11) is 1.36. The van der Waals surface area contributed by atoms with Crippen LogP contribution in [0, 0.1) is 37.5 Å². The van der Waals surface area contributed by atoms with Gasteiger partial charge < -0.3 is 9.30 Å². The molecule has 1 aromatic carbocycles. The Labute approximate surface area is 186 Å². The summed E-state index contributed by atoms with van der Waals surface area (Å²) in [5.41, 5.74) is 3.68. The Hall–Kier alpha value is -3.48. The van der Waals surface area contributed by atoms with Crippen molar-refractivity contribution in [2.24, 2.45) is 28.8 Å². The highest BCUT2D eigenvalue weighted by Crippen LogP contribution is 2.49. The lowest BCUT2D eigenvalue weighted by Gasteiger charge is -2.37. The zero-order valence-corrected chi connectivity index (χ0v) is 18.3. The Balaban J connectivity index is 1.47. The fourth-order valence-corrected chi connectivity index (χ4v) is 5.53. The van der Waals surface area contributed by atoms with Gasteiger partial charge in [-0.1, -0.05) is 24.3 Å². The van der Waals surface area contributed by atoms with E-state index in [4.69, 9.17) is 4.74 Å². The first-order valence-corrected chi connectivity index (χ1v) is 10.9. The Morgan fingerprint density at radius 3 is 2.28 bits per heavy atom. The summed E-state index contributed by atoms with van der Waals surface area (Å²) < 4.78 is 6.88. The van der Waals surface area contributed by atoms with Gasteiger partial charge in [-0.3, -0.25) is 9.59 Å². The van der Waals surface area contributed by atoms with E-state index in [1.807, 2.05) is 36.6 Å². The van der Waals surface area contributed by atoms with Gasteiger partial charge in [0.05, 0.1) is 36.4 Å². The number of hydrogen-bond acceptors (Lipinski definition) is 5. The minimum Gasteiger partial charge on any atom is -0.465 e. The normalized spacial score (nSPS) is 26.3. The van der Waals surface area contributed by atoms with Crippen LogP contribution in [0.15, 0.2) is 47.6 Å². The SMILES string of the molecule is COC(=O)c1ccccc1-n1c(C)cc(/C=N\N2C(=O)[C@H]3[C@H](C2=O)[C@H]2C=C[C@H]3CC2)c1C. The van der Waals surface area contributed by atoms with E-state index in [0.29, 0.717) is 11.3 Å². The van der Waals surface area contributed by atoms with Crippen LogP contribution in [0.3, 0.4) is 0 Å². The second kappa shape index (κ2) is 7.58. The summed E-state index contributed by atoms with van der Waals surface area (Å²) in [5, 5.41) is 5.41. The number of imide groups is 1. The summed E-state index contributed by atoms with van der Waals surface area (Å²) in [5.74, 6) is -1.07. The van der Waals surface area contributed by atoms with Crippen LogP contribution in [0.25, 0.3) is 5.69 Å². The number of nitrogens with zero attached hydrogens (tertiary/aromatic N) is 3. The molecule has 0 unspecified atom stereocenters. The lowest BCUT2D eigenvalue weighted by Crippen LogP contribution is -2.38. The second-order valence-electron chi connectivity index (χ2n) is 8.74. The van der Waals surface area contributed by atoms with Gasteiger partial charge in [-0.2, -0.15) is 10.1 Å². The number of hydrogen-bond donors (Lipinski definition) is 0.